The van der Waals surface area contributed by atoms with Gasteiger partial charge in [-0.25, -0.2) is 0 Å². The first-order chi connectivity index (χ1) is 16.7. The minimum absolute atomic E-state index is 0.0348. The summed E-state index contributed by atoms with van der Waals surface area (Å²) in [7, 11) is 0. The normalized spacial score (nSPS) is 21.8. The van der Waals surface area contributed by atoms with Crippen LogP contribution in [0.5, 0.6) is 0 Å². The van der Waals surface area contributed by atoms with Crippen LogP contribution in [0, 0.1) is 17.2 Å². The lowest BCUT2D eigenvalue weighted by Gasteiger charge is -2.41. The standard InChI is InChI=1S/C30H29N3O/c31-21-25-28(32)26(29(34)33-19-11-4-12-20-33)27(22-13-5-1-6-14-22)30(25,23-15-7-2-8-16-23)24-17-9-3-10-18-24/h1-3,5-10,13-18,26-27H,4,11-12,19-20,32H2. The van der Waals surface area contributed by atoms with Gasteiger partial charge < -0.3 is 10.6 Å². The lowest BCUT2D eigenvalue weighted by atomic mass is 9.61. The predicted octanol–water partition coefficient (Wildman–Crippen LogP) is 5.14. The first-order valence-electron chi connectivity index (χ1n) is 12.0. The Balaban J connectivity index is 1.82. The zero-order valence-corrected chi connectivity index (χ0v) is 19.2. The molecule has 1 heterocycles. The number of allylic oxidation sites excluding steroid dienone is 1. The second-order valence-corrected chi connectivity index (χ2v) is 9.23. The van der Waals surface area contributed by atoms with E-state index in [4.69, 9.17) is 5.73 Å². The molecule has 34 heavy (non-hydrogen) atoms. The molecule has 1 aliphatic carbocycles. The molecule has 2 aliphatic rings. The van der Waals surface area contributed by atoms with Crippen LogP contribution >= 0.6 is 0 Å². The van der Waals surface area contributed by atoms with Gasteiger partial charge in [0.15, 0.2) is 0 Å². The van der Waals surface area contributed by atoms with Crippen molar-refractivity contribution in [2.75, 3.05) is 13.1 Å². The van der Waals surface area contributed by atoms with Gasteiger partial charge in [-0.2, -0.15) is 5.26 Å². The molecule has 4 nitrogen and oxygen atoms in total. The molecule has 2 unspecified atom stereocenters. The summed E-state index contributed by atoms with van der Waals surface area (Å²) >= 11 is 0. The van der Waals surface area contributed by atoms with Crippen molar-refractivity contribution in [3.63, 3.8) is 0 Å². The van der Waals surface area contributed by atoms with Gasteiger partial charge >= 0.3 is 0 Å². The molecular formula is C30H29N3O. The molecule has 0 aromatic heterocycles. The Morgan fingerprint density at radius 3 is 1.82 bits per heavy atom. The van der Waals surface area contributed by atoms with Crippen LogP contribution in [-0.2, 0) is 10.2 Å². The summed E-state index contributed by atoms with van der Waals surface area (Å²) in [5.41, 5.74) is 9.81. The number of amides is 1. The van der Waals surface area contributed by atoms with Crippen molar-refractivity contribution in [3.8, 4) is 6.07 Å². The third kappa shape index (κ3) is 3.40. The van der Waals surface area contributed by atoms with Crippen molar-refractivity contribution in [1.82, 2.24) is 4.90 Å². The number of benzene rings is 3. The third-order valence-corrected chi connectivity index (χ3v) is 7.48. The van der Waals surface area contributed by atoms with Gasteiger partial charge in [0.2, 0.25) is 5.91 Å². The number of nitrogens with zero attached hydrogens (tertiary/aromatic N) is 2. The number of nitrogens with two attached hydrogens (primary N) is 1. The molecule has 3 aromatic rings. The number of likely N-dealkylation sites (tertiary alicyclic amines) is 1. The van der Waals surface area contributed by atoms with Crippen LogP contribution in [0.1, 0.15) is 41.9 Å². The highest BCUT2D eigenvalue weighted by atomic mass is 16.2. The number of hydrogen-bond acceptors (Lipinski definition) is 3. The lowest BCUT2D eigenvalue weighted by molar-refractivity contribution is -0.136. The topological polar surface area (TPSA) is 70.1 Å². The predicted molar refractivity (Wildman–Crippen MR) is 134 cm³/mol. The molecule has 0 saturated carbocycles. The number of carbonyl (C=O) groups excluding carboxylic acids is 1. The monoisotopic (exact) mass is 447 g/mol. The van der Waals surface area contributed by atoms with Crippen LogP contribution in [0.2, 0.25) is 0 Å². The van der Waals surface area contributed by atoms with Crippen LogP contribution in [0.25, 0.3) is 0 Å². The summed E-state index contributed by atoms with van der Waals surface area (Å²) in [6.07, 6.45) is 3.15. The number of piperidine rings is 1. The Morgan fingerprint density at radius 1 is 0.824 bits per heavy atom. The van der Waals surface area contributed by atoms with Gasteiger partial charge in [-0.1, -0.05) is 91.0 Å². The van der Waals surface area contributed by atoms with Crippen LogP contribution in [0.3, 0.4) is 0 Å². The van der Waals surface area contributed by atoms with Gasteiger partial charge in [0.25, 0.3) is 0 Å². The Bertz CT molecular complexity index is 1180. The Kier molecular flexibility index (Phi) is 5.94. The summed E-state index contributed by atoms with van der Waals surface area (Å²) in [6.45, 7) is 1.49. The largest absolute Gasteiger partial charge is 0.401 e. The van der Waals surface area contributed by atoms with Crippen LogP contribution in [-0.4, -0.2) is 23.9 Å². The highest BCUT2D eigenvalue weighted by Gasteiger charge is 2.58. The second-order valence-electron chi connectivity index (χ2n) is 9.23. The fraction of sp³-hybridized carbons (Fsp3) is 0.267. The van der Waals surface area contributed by atoms with E-state index < -0.39 is 11.3 Å². The molecule has 2 N–H and O–H groups in total. The molecule has 1 amide bonds. The zero-order valence-electron chi connectivity index (χ0n) is 19.2. The summed E-state index contributed by atoms with van der Waals surface area (Å²) in [4.78, 5) is 16.1. The fourth-order valence-corrected chi connectivity index (χ4v) is 6.03. The summed E-state index contributed by atoms with van der Waals surface area (Å²) in [5, 5.41) is 10.6. The number of nitriles is 1. The van der Waals surface area contributed by atoms with E-state index >= 15 is 0 Å². The fourth-order valence-electron chi connectivity index (χ4n) is 6.03. The van der Waals surface area contributed by atoms with Crippen molar-refractivity contribution < 1.29 is 4.79 Å². The van der Waals surface area contributed by atoms with E-state index in [1.165, 1.54) is 0 Å². The molecule has 4 heteroatoms. The molecule has 0 radical (unpaired) electrons. The van der Waals surface area contributed by atoms with Crippen LogP contribution < -0.4 is 5.73 Å². The highest BCUT2D eigenvalue weighted by molar-refractivity contribution is 5.86. The van der Waals surface area contributed by atoms with E-state index in [2.05, 4.69) is 42.5 Å². The average molecular weight is 448 g/mol. The lowest BCUT2D eigenvalue weighted by Crippen LogP contribution is -2.45. The zero-order chi connectivity index (χ0) is 23.5. The van der Waals surface area contributed by atoms with E-state index in [0.29, 0.717) is 11.3 Å². The highest BCUT2D eigenvalue weighted by Crippen LogP contribution is 2.59. The van der Waals surface area contributed by atoms with Gasteiger partial charge in [0.05, 0.1) is 23.0 Å². The average Bonchev–Trinajstić information content (AvgIpc) is 3.19. The maximum absolute atomic E-state index is 14.1. The first-order valence-corrected chi connectivity index (χ1v) is 12.0. The van der Waals surface area contributed by atoms with E-state index in [0.717, 1.165) is 49.0 Å². The van der Waals surface area contributed by atoms with E-state index in [1.54, 1.807) is 0 Å². The van der Waals surface area contributed by atoms with Crippen molar-refractivity contribution in [2.24, 2.45) is 11.7 Å². The summed E-state index contributed by atoms with van der Waals surface area (Å²) in [5.74, 6) is -0.898. The van der Waals surface area contributed by atoms with Gasteiger partial charge in [-0.05, 0) is 36.0 Å². The molecule has 1 aliphatic heterocycles. The summed E-state index contributed by atoms with van der Waals surface area (Å²) < 4.78 is 0. The van der Waals surface area contributed by atoms with E-state index in [1.807, 2.05) is 59.5 Å². The molecule has 1 fully saturated rings. The molecule has 2 atom stereocenters. The third-order valence-electron chi connectivity index (χ3n) is 7.48. The van der Waals surface area contributed by atoms with Crippen molar-refractivity contribution in [3.05, 3.63) is 119 Å². The molecule has 170 valence electrons. The van der Waals surface area contributed by atoms with Crippen molar-refractivity contribution in [2.45, 2.75) is 30.6 Å². The van der Waals surface area contributed by atoms with Crippen LogP contribution in [0.15, 0.2) is 102 Å². The smallest absolute Gasteiger partial charge is 0.232 e. The first kappa shape index (κ1) is 22.0. The van der Waals surface area contributed by atoms with E-state index in [-0.39, 0.29) is 11.8 Å². The van der Waals surface area contributed by atoms with E-state index in [9.17, 15) is 10.1 Å². The van der Waals surface area contributed by atoms with Crippen LogP contribution in [0.4, 0.5) is 0 Å². The summed E-state index contributed by atoms with van der Waals surface area (Å²) in [6, 6.07) is 32.7. The molecule has 5 rings (SSSR count). The molecule has 1 saturated heterocycles. The number of carbonyl (C=O) groups is 1. The van der Waals surface area contributed by atoms with Gasteiger partial charge in [-0.3, -0.25) is 4.79 Å². The quantitative estimate of drug-likeness (QED) is 0.602. The van der Waals surface area contributed by atoms with Crippen molar-refractivity contribution in [1.29, 1.82) is 5.26 Å². The van der Waals surface area contributed by atoms with Gasteiger partial charge in [-0.15, -0.1) is 0 Å². The van der Waals surface area contributed by atoms with Gasteiger partial charge in [0.1, 0.15) is 0 Å². The van der Waals surface area contributed by atoms with Gasteiger partial charge in [0, 0.05) is 24.7 Å². The molecule has 0 bridgehead atoms. The number of hydrogen-bond donors (Lipinski definition) is 1. The molecular weight excluding hydrogens is 418 g/mol. The van der Waals surface area contributed by atoms with Crippen molar-refractivity contribution >= 4 is 5.91 Å². The minimum Gasteiger partial charge on any atom is -0.401 e. The number of rotatable bonds is 4. The minimum atomic E-state index is -0.862. The Hall–Kier alpha value is -3.84. The SMILES string of the molecule is N#CC1=C(N)C(C(=O)N2CCCCC2)C(c2ccccc2)C1(c1ccccc1)c1ccccc1. The maximum atomic E-state index is 14.1. The molecule has 0 spiro atoms. The Labute approximate surface area is 201 Å². The maximum Gasteiger partial charge on any atom is 0.232 e. The molecule has 3 aromatic carbocycles. The Morgan fingerprint density at radius 2 is 1.32 bits per heavy atom. The second kappa shape index (κ2) is 9.19.